The summed E-state index contributed by atoms with van der Waals surface area (Å²) in [4.78, 5) is 0.885. The van der Waals surface area contributed by atoms with E-state index in [0.29, 0.717) is 12.3 Å². The van der Waals surface area contributed by atoms with E-state index in [4.69, 9.17) is 5.73 Å². The van der Waals surface area contributed by atoms with E-state index in [1.807, 2.05) is 24.3 Å². The molecular formula is C12H18BrNOS. The van der Waals surface area contributed by atoms with Crippen LogP contribution >= 0.6 is 15.9 Å². The van der Waals surface area contributed by atoms with Crippen LogP contribution < -0.4 is 5.73 Å². The van der Waals surface area contributed by atoms with E-state index >= 15 is 0 Å². The topological polar surface area (TPSA) is 43.1 Å². The molecule has 0 bridgehead atoms. The van der Waals surface area contributed by atoms with Crippen molar-refractivity contribution in [2.75, 3.05) is 12.3 Å². The van der Waals surface area contributed by atoms with Crippen LogP contribution in [0.4, 0.5) is 0 Å². The van der Waals surface area contributed by atoms with Crippen LogP contribution in [-0.2, 0) is 10.8 Å². The van der Waals surface area contributed by atoms with Crippen molar-refractivity contribution in [2.24, 2.45) is 11.1 Å². The van der Waals surface area contributed by atoms with Crippen LogP contribution in [0.2, 0.25) is 0 Å². The summed E-state index contributed by atoms with van der Waals surface area (Å²) in [7, 11) is -0.916. The Hall–Kier alpha value is -0.190. The third-order valence-electron chi connectivity index (χ3n) is 2.59. The maximum absolute atomic E-state index is 12.0. The summed E-state index contributed by atoms with van der Waals surface area (Å²) in [5, 5.41) is 0. The molecule has 0 heterocycles. The molecule has 0 aliphatic rings. The molecule has 0 saturated heterocycles. The first kappa shape index (κ1) is 13.9. The Labute approximate surface area is 108 Å². The van der Waals surface area contributed by atoms with Gasteiger partial charge in [0.25, 0.3) is 0 Å². The predicted octanol–water partition coefficient (Wildman–Crippen LogP) is 2.93. The van der Waals surface area contributed by atoms with Gasteiger partial charge >= 0.3 is 0 Å². The molecule has 90 valence electrons. The molecule has 1 unspecified atom stereocenters. The smallest absolute Gasteiger partial charge is 0.0529 e. The number of rotatable bonds is 5. The van der Waals surface area contributed by atoms with E-state index in [0.717, 1.165) is 15.8 Å². The number of hydrogen-bond donors (Lipinski definition) is 1. The highest BCUT2D eigenvalue weighted by molar-refractivity contribution is 9.10. The second-order valence-corrected chi connectivity index (χ2v) is 7.11. The van der Waals surface area contributed by atoms with Gasteiger partial charge in [-0.25, -0.2) is 0 Å². The first-order valence-corrected chi connectivity index (χ1v) is 7.40. The number of nitrogens with two attached hydrogens (primary N) is 1. The van der Waals surface area contributed by atoms with Crippen LogP contribution in [0.25, 0.3) is 0 Å². The Morgan fingerprint density at radius 1 is 1.31 bits per heavy atom. The van der Waals surface area contributed by atoms with Crippen molar-refractivity contribution in [1.82, 2.24) is 0 Å². The monoisotopic (exact) mass is 303 g/mol. The summed E-state index contributed by atoms with van der Waals surface area (Å²) in [6, 6.07) is 7.63. The van der Waals surface area contributed by atoms with Gasteiger partial charge in [-0.1, -0.05) is 29.8 Å². The van der Waals surface area contributed by atoms with Gasteiger partial charge in [0.2, 0.25) is 0 Å². The van der Waals surface area contributed by atoms with Crippen molar-refractivity contribution >= 4 is 26.7 Å². The average Bonchev–Trinajstić information content (AvgIpc) is 2.27. The molecule has 1 atom stereocenters. The van der Waals surface area contributed by atoms with E-state index in [2.05, 4.69) is 29.8 Å². The van der Waals surface area contributed by atoms with Gasteiger partial charge in [-0.3, -0.25) is 4.21 Å². The zero-order valence-electron chi connectivity index (χ0n) is 9.70. The summed E-state index contributed by atoms with van der Waals surface area (Å²) in [5.41, 5.74) is 5.72. The minimum Gasteiger partial charge on any atom is -0.330 e. The SMILES string of the molecule is CC(C)(CN)CCS(=O)c1ccc(Br)cc1. The standard InChI is InChI=1S/C12H18BrNOS/c1-12(2,9-14)7-8-16(15)11-5-3-10(13)4-6-11/h3-6H,7-9,14H2,1-2H3. The molecule has 1 aromatic rings. The van der Waals surface area contributed by atoms with E-state index in [1.165, 1.54) is 0 Å². The molecule has 1 aromatic carbocycles. The molecule has 16 heavy (non-hydrogen) atoms. The summed E-state index contributed by atoms with van der Waals surface area (Å²) in [6.45, 7) is 4.84. The summed E-state index contributed by atoms with van der Waals surface area (Å²) in [5.74, 6) is 0.672. The molecule has 0 aliphatic carbocycles. The lowest BCUT2D eigenvalue weighted by molar-refractivity contribution is 0.367. The number of halogens is 1. The zero-order chi connectivity index (χ0) is 12.2. The lowest BCUT2D eigenvalue weighted by atomic mass is 9.91. The maximum Gasteiger partial charge on any atom is 0.0529 e. The fourth-order valence-corrected chi connectivity index (χ4v) is 2.85. The normalized spacial score (nSPS) is 13.8. The second-order valence-electron chi connectivity index (χ2n) is 4.62. The fraction of sp³-hybridized carbons (Fsp3) is 0.500. The Morgan fingerprint density at radius 2 is 1.88 bits per heavy atom. The third-order valence-corrected chi connectivity index (χ3v) is 4.49. The van der Waals surface area contributed by atoms with Gasteiger partial charge in [0, 0.05) is 15.1 Å². The molecular weight excluding hydrogens is 286 g/mol. The van der Waals surface area contributed by atoms with Crippen LogP contribution in [-0.4, -0.2) is 16.5 Å². The van der Waals surface area contributed by atoms with Crippen molar-refractivity contribution in [2.45, 2.75) is 25.2 Å². The van der Waals surface area contributed by atoms with E-state index in [1.54, 1.807) is 0 Å². The largest absolute Gasteiger partial charge is 0.330 e. The van der Waals surface area contributed by atoms with Crippen LogP contribution in [0, 0.1) is 5.41 Å². The average molecular weight is 304 g/mol. The van der Waals surface area contributed by atoms with Crippen LogP contribution in [0.15, 0.2) is 33.6 Å². The van der Waals surface area contributed by atoms with Gasteiger partial charge in [-0.15, -0.1) is 0 Å². The number of hydrogen-bond acceptors (Lipinski definition) is 2. The Kier molecular flexibility index (Phi) is 5.15. The van der Waals surface area contributed by atoms with E-state index in [9.17, 15) is 4.21 Å². The lowest BCUT2D eigenvalue weighted by Crippen LogP contribution is -2.25. The van der Waals surface area contributed by atoms with Gasteiger partial charge < -0.3 is 5.73 Å². The van der Waals surface area contributed by atoms with Gasteiger partial charge in [0.05, 0.1) is 10.8 Å². The molecule has 0 spiro atoms. The van der Waals surface area contributed by atoms with Gasteiger partial charge in [0.15, 0.2) is 0 Å². The summed E-state index contributed by atoms with van der Waals surface area (Å²) in [6.07, 6.45) is 0.881. The van der Waals surface area contributed by atoms with Crippen LogP contribution in [0.5, 0.6) is 0 Å². The Balaban J connectivity index is 2.56. The maximum atomic E-state index is 12.0. The Morgan fingerprint density at radius 3 is 2.38 bits per heavy atom. The molecule has 4 heteroatoms. The van der Waals surface area contributed by atoms with Gasteiger partial charge in [0.1, 0.15) is 0 Å². The highest BCUT2D eigenvalue weighted by atomic mass is 79.9. The predicted molar refractivity (Wildman–Crippen MR) is 72.9 cm³/mol. The van der Waals surface area contributed by atoms with Crippen LogP contribution in [0.1, 0.15) is 20.3 Å². The van der Waals surface area contributed by atoms with Gasteiger partial charge in [-0.2, -0.15) is 0 Å². The van der Waals surface area contributed by atoms with Crippen molar-refractivity contribution < 1.29 is 4.21 Å². The summed E-state index contributed by atoms with van der Waals surface area (Å²) >= 11 is 3.36. The summed E-state index contributed by atoms with van der Waals surface area (Å²) < 4.78 is 13.0. The molecule has 0 aromatic heterocycles. The second kappa shape index (κ2) is 5.94. The van der Waals surface area contributed by atoms with Crippen molar-refractivity contribution in [3.8, 4) is 0 Å². The quantitative estimate of drug-likeness (QED) is 0.909. The molecule has 0 fully saturated rings. The fourth-order valence-electron chi connectivity index (χ4n) is 1.18. The van der Waals surface area contributed by atoms with E-state index < -0.39 is 10.8 Å². The highest BCUT2D eigenvalue weighted by Crippen LogP contribution is 2.21. The number of benzene rings is 1. The van der Waals surface area contributed by atoms with Crippen molar-refractivity contribution in [3.05, 3.63) is 28.7 Å². The molecule has 0 saturated carbocycles. The molecule has 2 N–H and O–H groups in total. The zero-order valence-corrected chi connectivity index (χ0v) is 12.1. The molecule has 0 radical (unpaired) electrons. The molecule has 2 nitrogen and oxygen atoms in total. The lowest BCUT2D eigenvalue weighted by Gasteiger charge is -2.21. The highest BCUT2D eigenvalue weighted by Gasteiger charge is 2.17. The van der Waals surface area contributed by atoms with E-state index in [-0.39, 0.29) is 5.41 Å². The van der Waals surface area contributed by atoms with Gasteiger partial charge in [-0.05, 0) is 42.6 Å². The van der Waals surface area contributed by atoms with Crippen molar-refractivity contribution in [3.63, 3.8) is 0 Å². The first-order valence-electron chi connectivity index (χ1n) is 5.29. The third kappa shape index (κ3) is 4.36. The first-order chi connectivity index (χ1) is 7.44. The van der Waals surface area contributed by atoms with Crippen LogP contribution in [0.3, 0.4) is 0 Å². The molecule has 0 aliphatic heterocycles. The molecule has 1 rings (SSSR count). The Bertz CT molecular complexity index is 362. The van der Waals surface area contributed by atoms with Crippen molar-refractivity contribution in [1.29, 1.82) is 0 Å². The molecule has 0 amide bonds. The minimum absolute atomic E-state index is 0.0744. The minimum atomic E-state index is -0.916.